The second kappa shape index (κ2) is 4.76. The molecule has 0 saturated carbocycles. The van der Waals surface area contributed by atoms with Gasteiger partial charge in [0.1, 0.15) is 5.82 Å². The van der Waals surface area contributed by atoms with Crippen LogP contribution in [0.1, 0.15) is 19.8 Å². The van der Waals surface area contributed by atoms with Gasteiger partial charge < -0.3 is 4.90 Å². The number of nitrogens with zero attached hydrogens (tertiary/aromatic N) is 5. The number of rotatable bonds is 2. The topological polar surface area (TPSA) is 46.8 Å². The van der Waals surface area contributed by atoms with E-state index in [0.29, 0.717) is 0 Å². The van der Waals surface area contributed by atoms with E-state index in [1.807, 2.05) is 18.5 Å². The summed E-state index contributed by atoms with van der Waals surface area (Å²) in [5.41, 5.74) is 0. The maximum atomic E-state index is 4.64. The van der Waals surface area contributed by atoms with Crippen molar-refractivity contribution in [1.29, 1.82) is 0 Å². The molecule has 1 fully saturated rings. The minimum atomic E-state index is 0.730. The van der Waals surface area contributed by atoms with Crippen molar-refractivity contribution in [2.75, 3.05) is 18.0 Å². The summed E-state index contributed by atoms with van der Waals surface area (Å²) in [5, 5.41) is 4.18. The molecule has 0 amide bonds. The van der Waals surface area contributed by atoms with Gasteiger partial charge in [-0.3, -0.25) is 4.98 Å². The molecule has 3 rings (SSSR count). The maximum absolute atomic E-state index is 4.64. The van der Waals surface area contributed by atoms with Crippen molar-refractivity contribution >= 4 is 5.82 Å². The molecule has 0 bridgehead atoms. The Morgan fingerprint density at radius 1 is 1.28 bits per heavy atom. The van der Waals surface area contributed by atoms with Crippen LogP contribution in [0, 0.1) is 5.92 Å². The highest BCUT2D eigenvalue weighted by Crippen LogP contribution is 2.21. The molecule has 1 aliphatic heterocycles. The Bertz CT molecular complexity index is 508. The van der Waals surface area contributed by atoms with E-state index in [-0.39, 0.29) is 0 Å². The van der Waals surface area contributed by atoms with Gasteiger partial charge in [0, 0.05) is 25.5 Å². The van der Waals surface area contributed by atoms with Crippen molar-refractivity contribution in [2.24, 2.45) is 5.92 Å². The summed E-state index contributed by atoms with van der Waals surface area (Å²) < 4.78 is 1.74. The zero-order valence-electron chi connectivity index (χ0n) is 10.5. The van der Waals surface area contributed by atoms with Gasteiger partial charge in [-0.1, -0.05) is 6.92 Å². The molecule has 1 atom stereocenters. The Labute approximate surface area is 106 Å². The fraction of sp³-hybridized carbons (Fsp3) is 0.462. The summed E-state index contributed by atoms with van der Waals surface area (Å²) >= 11 is 0. The molecule has 0 aliphatic carbocycles. The lowest BCUT2D eigenvalue weighted by molar-refractivity contribution is 0.444. The maximum Gasteiger partial charge on any atom is 0.173 e. The summed E-state index contributed by atoms with van der Waals surface area (Å²) in [4.78, 5) is 11.2. The molecule has 5 nitrogen and oxygen atoms in total. The van der Waals surface area contributed by atoms with Gasteiger partial charge >= 0.3 is 0 Å². The lowest BCUT2D eigenvalue weighted by atomic mass is 10.0. The molecule has 0 unspecified atom stereocenters. The van der Waals surface area contributed by atoms with Gasteiger partial charge in [-0.2, -0.15) is 5.10 Å². The standard InChI is InChI=1S/C13H17N5/c1-11-4-2-6-17(10-11)12-8-14-9-13(16-12)18-7-3-5-15-18/h3,5,7-9,11H,2,4,6,10H2,1H3/t11-/m1/s1. The molecule has 0 aromatic carbocycles. The zero-order chi connectivity index (χ0) is 12.4. The van der Waals surface area contributed by atoms with E-state index in [1.165, 1.54) is 12.8 Å². The van der Waals surface area contributed by atoms with E-state index in [1.54, 1.807) is 17.1 Å². The lowest BCUT2D eigenvalue weighted by Crippen LogP contribution is -2.35. The van der Waals surface area contributed by atoms with E-state index in [0.717, 1.165) is 30.6 Å². The predicted octanol–water partition coefficient (Wildman–Crippen LogP) is 1.90. The smallest absolute Gasteiger partial charge is 0.173 e. The second-order valence-electron chi connectivity index (χ2n) is 4.88. The highest BCUT2D eigenvalue weighted by atomic mass is 15.3. The molecule has 0 N–H and O–H groups in total. The van der Waals surface area contributed by atoms with Crippen LogP contribution in [0.15, 0.2) is 30.9 Å². The van der Waals surface area contributed by atoms with Crippen molar-refractivity contribution in [3.63, 3.8) is 0 Å². The van der Waals surface area contributed by atoms with Crippen molar-refractivity contribution in [1.82, 2.24) is 19.7 Å². The van der Waals surface area contributed by atoms with Crippen LogP contribution in [0.3, 0.4) is 0 Å². The number of hydrogen-bond acceptors (Lipinski definition) is 4. The van der Waals surface area contributed by atoms with E-state index in [2.05, 4.69) is 26.9 Å². The van der Waals surface area contributed by atoms with Crippen molar-refractivity contribution in [2.45, 2.75) is 19.8 Å². The Hall–Kier alpha value is -1.91. The first-order valence-electron chi connectivity index (χ1n) is 6.40. The van der Waals surface area contributed by atoms with E-state index < -0.39 is 0 Å². The predicted molar refractivity (Wildman–Crippen MR) is 69.8 cm³/mol. The van der Waals surface area contributed by atoms with Crippen molar-refractivity contribution in [3.05, 3.63) is 30.9 Å². The molecule has 1 aliphatic rings. The van der Waals surface area contributed by atoms with Crippen LogP contribution >= 0.6 is 0 Å². The molecule has 1 saturated heterocycles. The third kappa shape index (κ3) is 2.20. The van der Waals surface area contributed by atoms with Gasteiger partial charge in [-0.15, -0.1) is 0 Å². The Kier molecular flexibility index (Phi) is 2.96. The summed E-state index contributed by atoms with van der Waals surface area (Å²) in [5.74, 6) is 2.46. The van der Waals surface area contributed by atoms with Crippen LogP contribution in [0.5, 0.6) is 0 Å². The zero-order valence-corrected chi connectivity index (χ0v) is 10.5. The van der Waals surface area contributed by atoms with Gasteiger partial charge in [0.05, 0.1) is 12.4 Å². The molecule has 5 heteroatoms. The fourth-order valence-corrected chi connectivity index (χ4v) is 2.41. The van der Waals surface area contributed by atoms with Gasteiger partial charge in [-0.05, 0) is 24.8 Å². The fourth-order valence-electron chi connectivity index (χ4n) is 2.41. The molecule has 0 spiro atoms. The van der Waals surface area contributed by atoms with Gasteiger partial charge in [-0.25, -0.2) is 9.67 Å². The van der Waals surface area contributed by atoms with Gasteiger partial charge in [0.15, 0.2) is 5.82 Å². The van der Waals surface area contributed by atoms with E-state index >= 15 is 0 Å². The largest absolute Gasteiger partial charge is 0.355 e. The number of piperidine rings is 1. The van der Waals surface area contributed by atoms with Crippen LogP contribution in [0.25, 0.3) is 5.82 Å². The van der Waals surface area contributed by atoms with Crippen LogP contribution in [0.4, 0.5) is 5.82 Å². The van der Waals surface area contributed by atoms with Gasteiger partial charge in [0.2, 0.25) is 0 Å². The number of anilines is 1. The summed E-state index contributed by atoms with van der Waals surface area (Å²) in [6, 6.07) is 1.89. The minimum Gasteiger partial charge on any atom is -0.355 e. The normalized spacial score (nSPS) is 20.1. The van der Waals surface area contributed by atoms with Crippen molar-refractivity contribution < 1.29 is 0 Å². The van der Waals surface area contributed by atoms with Crippen LogP contribution in [-0.2, 0) is 0 Å². The first kappa shape index (κ1) is 11.2. The molecule has 2 aromatic heterocycles. The highest BCUT2D eigenvalue weighted by molar-refractivity contribution is 5.39. The summed E-state index contributed by atoms with van der Waals surface area (Å²) in [7, 11) is 0. The summed E-state index contributed by atoms with van der Waals surface area (Å²) in [6.07, 6.45) is 9.75. The van der Waals surface area contributed by atoms with Crippen LogP contribution < -0.4 is 4.90 Å². The highest BCUT2D eigenvalue weighted by Gasteiger charge is 2.18. The third-order valence-corrected chi connectivity index (χ3v) is 3.33. The Morgan fingerprint density at radius 2 is 2.17 bits per heavy atom. The molecular formula is C13H17N5. The minimum absolute atomic E-state index is 0.730. The average molecular weight is 243 g/mol. The molecule has 18 heavy (non-hydrogen) atoms. The van der Waals surface area contributed by atoms with Crippen molar-refractivity contribution in [3.8, 4) is 5.82 Å². The van der Waals surface area contributed by atoms with E-state index in [9.17, 15) is 0 Å². The molecule has 2 aromatic rings. The third-order valence-electron chi connectivity index (χ3n) is 3.33. The molecule has 94 valence electrons. The summed E-state index contributed by atoms with van der Waals surface area (Å²) in [6.45, 7) is 4.43. The van der Waals surface area contributed by atoms with E-state index in [4.69, 9.17) is 0 Å². The first-order valence-corrected chi connectivity index (χ1v) is 6.40. The molecular weight excluding hydrogens is 226 g/mol. The molecule has 3 heterocycles. The Morgan fingerprint density at radius 3 is 2.94 bits per heavy atom. The Balaban J connectivity index is 1.86. The lowest BCUT2D eigenvalue weighted by Gasteiger charge is -2.31. The monoisotopic (exact) mass is 243 g/mol. The first-order chi connectivity index (χ1) is 8.83. The quantitative estimate of drug-likeness (QED) is 0.808. The number of hydrogen-bond donors (Lipinski definition) is 0. The van der Waals surface area contributed by atoms with Crippen LogP contribution in [0.2, 0.25) is 0 Å². The number of aromatic nitrogens is 4. The molecule has 0 radical (unpaired) electrons. The SMILES string of the molecule is C[C@@H]1CCCN(c2cncc(-n3cccn3)n2)C1. The second-order valence-corrected chi connectivity index (χ2v) is 4.88. The van der Waals surface area contributed by atoms with Gasteiger partial charge in [0.25, 0.3) is 0 Å². The average Bonchev–Trinajstić information content (AvgIpc) is 2.93. The van der Waals surface area contributed by atoms with Crippen LogP contribution in [-0.4, -0.2) is 32.8 Å².